The minimum atomic E-state index is -0.205. The Morgan fingerprint density at radius 2 is 2.42 bits per heavy atom. The van der Waals surface area contributed by atoms with Crippen LogP contribution in [-0.2, 0) is 19.6 Å². The number of hydrogen-bond acceptors (Lipinski definition) is 6. The maximum absolute atomic E-state index is 12.2. The topological polar surface area (TPSA) is 89.7 Å². The molecule has 2 aromatic rings. The van der Waals surface area contributed by atoms with Gasteiger partial charge in [0.05, 0.1) is 18.4 Å². The van der Waals surface area contributed by atoms with E-state index in [4.69, 9.17) is 0 Å². The molecule has 9 heteroatoms. The Morgan fingerprint density at radius 3 is 3.25 bits per heavy atom. The highest BCUT2D eigenvalue weighted by Crippen LogP contribution is 2.24. The standard InChI is InChI=1S/C15H21N7OS/c23-14(17-7-12-9-21-4-5-24-15(21)18-12)13-10-22(20-19-13)8-11-2-1-3-16-6-11/h9-11,16H,1-8H2,(H,17,23)/t11-/m0/s1. The monoisotopic (exact) mass is 347 g/mol. The number of piperidine rings is 1. The summed E-state index contributed by atoms with van der Waals surface area (Å²) in [4.78, 5) is 16.7. The van der Waals surface area contributed by atoms with Crippen LogP contribution in [0.5, 0.6) is 0 Å². The molecule has 2 N–H and O–H groups in total. The number of carbonyl (C=O) groups excluding carboxylic acids is 1. The maximum Gasteiger partial charge on any atom is 0.273 e. The van der Waals surface area contributed by atoms with E-state index in [1.807, 2.05) is 6.20 Å². The quantitative estimate of drug-likeness (QED) is 0.819. The van der Waals surface area contributed by atoms with Gasteiger partial charge in [-0.1, -0.05) is 17.0 Å². The van der Waals surface area contributed by atoms with Gasteiger partial charge in [-0.3, -0.25) is 9.48 Å². The van der Waals surface area contributed by atoms with Gasteiger partial charge in [-0.25, -0.2) is 4.98 Å². The summed E-state index contributed by atoms with van der Waals surface area (Å²) in [6, 6.07) is 0. The molecule has 0 aromatic carbocycles. The van der Waals surface area contributed by atoms with Gasteiger partial charge in [-0.2, -0.15) is 0 Å². The van der Waals surface area contributed by atoms with Gasteiger partial charge in [0.2, 0.25) is 0 Å². The van der Waals surface area contributed by atoms with Gasteiger partial charge in [-0.15, -0.1) is 5.10 Å². The highest BCUT2D eigenvalue weighted by molar-refractivity contribution is 7.99. The number of rotatable bonds is 5. The van der Waals surface area contributed by atoms with Crippen LogP contribution in [0.15, 0.2) is 17.6 Å². The molecule has 0 bridgehead atoms. The molecule has 2 aromatic heterocycles. The van der Waals surface area contributed by atoms with Gasteiger partial charge in [-0.05, 0) is 31.8 Å². The van der Waals surface area contributed by atoms with Crippen LogP contribution in [0.1, 0.15) is 29.0 Å². The maximum atomic E-state index is 12.2. The molecule has 128 valence electrons. The van der Waals surface area contributed by atoms with Crippen LogP contribution in [-0.4, -0.2) is 49.3 Å². The van der Waals surface area contributed by atoms with Gasteiger partial charge in [0.25, 0.3) is 5.91 Å². The summed E-state index contributed by atoms with van der Waals surface area (Å²) in [5.41, 5.74) is 1.24. The Hall–Kier alpha value is -1.87. The number of fused-ring (bicyclic) bond motifs is 1. The SMILES string of the molecule is O=C(NCc1cn2c(n1)SCC2)c1cn(C[C@H]2CCCNC2)nn1. The fraction of sp³-hybridized carbons (Fsp3) is 0.600. The Morgan fingerprint density at radius 1 is 1.46 bits per heavy atom. The van der Waals surface area contributed by atoms with Crippen LogP contribution in [0, 0.1) is 5.92 Å². The average molecular weight is 347 g/mol. The fourth-order valence-corrected chi connectivity index (χ4v) is 4.11. The number of imidazole rings is 1. The number of amides is 1. The highest BCUT2D eigenvalue weighted by Gasteiger charge is 2.18. The van der Waals surface area contributed by atoms with E-state index >= 15 is 0 Å². The summed E-state index contributed by atoms with van der Waals surface area (Å²) < 4.78 is 3.90. The van der Waals surface area contributed by atoms with Crippen LogP contribution < -0.4 is 10.6 Å². The van der Waals surface area contributed by atoms with Crippen molar-refractivity contribution in [2.24, 2.45) is 5.92 Å². The van der Waals surface area contributed by atoms with Crippen molar-refractivity contribution in [1.82, 2.24) is 35.2 Å². The molecule has 4 rings (SSSR count). The van der Waals surface area contributed by atoms with Crippen molar-refractivity contribution in [3.05, 3.63) is 23.8 Å². The number of aromatic nitrogens is 5. The summed E-state index contributed by atoms with van der Waals surface area (Å²) in [6.45, 7) is 4.31. The fourth-order valence-electron chi connectivity index (χ4n) is 3.14. The van der Waals surface area contributed by atoms with E-state index < -0.39 is 0 Å². The summed E-state index contributed by atoms with van der Waals surface area (Å²) in [6.07, 6.45) is 6.12. The minimum Gasteiger partial charge on any atom is -0.345 e. The van der Waals surface area contributed by atoms with Crippen molar-refractivity contribution >= 4 is 17.7 Å². The third-order valence-electron chi connectivity index (χ3n) is 4.40. The van der Waals surface area contributed by atoms with Crippen LogP contribution in [0.4, 0.5) is 0 Å². The van der Waals surface area contributed by atoms with Crippen molar-refractivity contribution in [3.8, 4) is 0 Å². The van der Waals surface area contributed by atoms with E-state index in [1.165, 1.54) is 12.8 Å². The normalized spacial score (nSPS) is 20.1. The summed E-state index contributed by atoms with van der Waals surface area (Å²) in [7, 11) is 0. The lowest BCUT2D eigenvalue weighted by Crippen LogP contribution is -2.32. The second-order valence-corrected chi connectivity index (χ2v) is 7.34. The van der Waals surface area contributed by atoms with Crippen LogP contribution in [0.2, 0.25) is 0 Å². The zero-order chi connectivity index (χ0) is 16.4. The van der Waals surface area contributed by atoms with E-state index in [0.29, 0.717) is 18.2 Å². The van der Waals surface area contributed by atoms with Crippen LogP contribution in [0.3, 0.4) is 0 Å². The minimum absolute atomic E-state index is 0.205. The molecule has 0 aliphatic carbocycles. The van der Waals surface area contributed by atoms with Crippen molar-refractivity contribution < 1.29 is 4.79 Å². The number of aryl methyl sites for hydroxylation is 1. The van der Waals surface area contributed by atoms with E-state index in [9.17, 15) is 4.79 Å². The number of hydrogen-bond donors (Lipinski definition) is 2. The lowest BCUT2D eigenvalue weighted by atomic mass is 10.00. The summed E-state index contributed by atoms with van der Waals surface area (Å²) >= 11 is 1.75. The molecule has 0 spiro atoms. The summed E-state index contributed by atoms with van der Waals surface area (Å²) in [5, 5.41) is 15.4. The molecule has 2 aliphatic heterocycles. The zero-order valence-corrected chi connectivity index (χ0v) is 14.3. The number of thioether (sulfide) groups is 1. The largest absolute Gasteiger partial charge is 0.345 e. The number of carbonyl (C=O) groups is 1. The van der Waals surface area contributed by atoms with Gasteiger partial charge in [0.1, 0.15) is 0 Å². The molecule has 0 saturated carbocycles. The molecule has 2 aliphatic rings. The molecule has 1 saturated heterocycles. The molecule has 24 heavy (non-hydrogen) atoms. The first kappa shape index (κ1) is 15.6. The van der Waals surface area contributed by atoms with E-state index in [0.717, 1.165) is 42.8 Å². The predicted octanol–water partition coefficient (Wildman–Crippen LogP) is 0.510. The molecule has 1 atom stereocenters. The summed E-state index contributed by atoms with van der Waals surface area (Å²) in [5.74, 6) is 1.43. The second-order valence-electron chi connectivity index (χ2n) is 6.28. The third-order valence-corrected chi connectivity index (χ3v) is 5.37. The molecule has 1 fully saturated rings. The van der Waals surface area contributed by atoms with Crippen molar-refractivity contribution in [2.75, 3.05) is 18.8 Å². The average Bonchev–Trinajstić information content (AvgIpc) is 3.29. The van der Waals surface area contributed by atoms with Gasteiger partial charge < -0.3 is 15.2 Å². The Labute approximate surface area is 144 Å². The number of nitrogens with one attached hydrogen (secondary N) is 2. The third kappa shape index (κ3) is 3.46. The van der Waals surface area contributed by atoms with Gasteiger partial charge in [0, 0.05) is 25.0 Å². The number of nitrogens with zero attached hydrogens (tertiary/aromatic N) is 5. The van der Waals surface area contributed by atoms with Crippen LogP contribution >= 0.6 is 11.8 Å². The highest BCUT2D eigenvalue weighted by atomic mass is 32.2. The molecule has 0 unspecified atom stereocenters. The van der Waals surface area contributed by atoms with E-state index in [1.54, 1.807) is 22.6 Å². The second kappa shape index (κ2) is 6.94. The lowest BCUT2D eigenvalue weighted by Gasteiger charge is -2.22. The molecule has 8 nitrogen and oxygen atoms in total. The van der Waals surface area contributed by atoms with Crippen LogP contribution in [0.25, 0.3) is 0 Å². The Bertz CT molecular complexity index is 698. The molecule has 4 heterocycles. The Balaban J connectivity index is 1.31. The first-order valence-corrected chi connectivity index (χ1v) is 9.34. The van der Waals surface area contributed by atoms with E-state index in [-0.39, 0.29) is 5.91 Å². The van der Waals surface area contributed by atoms with Crippen molar-refractivity contribution in [1.29, 1.82) is 0 Å². The van der Waals surface area contributed by atoms with Gasteiger partial charge in [0.15, 0.2) is 10.9 Å². The van der Waals surface area contributed by atoms with Crippen molar-refractivity contribution in [2.45, 2.75) is 37.6 Å². The van der Waals surface area contributed by atoms with Crippen molar-refractivity contribution in [3.63, 3.8) is 0 Å². The van der Waals surface area contributed by atoms with Gasteiger partial charge >= 0.3 is 0 Å². The first-order valence-electron chi connectivity index (χ1n) is 8.36. The lowest BCUT2D eigenvalue weighted by molar-refractivity contribution is 0.0945. The molecular formula is C15H21N7OS. The first-order chi connectivity index (χ1) is 11.8. The zero-order valence-electron chi connectivity index (χ0n) is 13.4. The molecule has 1 amide bonds. The Kier molecular flexibility index (Phi) is 4.52. The molecular weight excluding hydrogens is 326 g/mol. The smallest absolute Gasteiger partial charge is 0.273 e. The predicted molar refractivity (Wildman–Crippen MR) is 89.7 cm³/mol. The van der Waals surface area contributed by atoms with E-state index in [2.05, 4.69) is 30.5 Å². The molecule has 0 radical (unpaired) electrons.